The first-order valence-electron chi connectivity index (χ1n) is 10.2. The molecule has 176 valence electrons. The summed E-state index contributed by atoms with van der Waals surface area (Å²) in [4.78, 5) is 16.8. The van der Waals surface area contributed by atoms with Gasteiger partial charge in [0.15, 0.2) is 11.6 Å². The van der Waals surface area contributed by atoms with Crippen LogP contribution in [0.3, 0.4) is 0 Å². The van der Waals surface area contributed by atoms with Crippen LogP contribution in [-0.4, -0.2) is 29.7 Å². The number of aromatic nitrogens is 6. The fourth-order valence-corrected chi connectivity index (χ4v) is 3.73. The highest BCUT2D eigenvalue weighted by Gasteiger charge is 2.21. The molecule has 2 aromatic carbocycles. The molecule has 0 saturated heterocycles. The van der Waals surface area contributed by atoms with Gasteiger partial charge in [-0.1, -0.05) is 0 Å². The number of nitrogen functional groups attached to an aromatic ring is 2. The van der Waals surface area contributed by atoms with Gasteiger partial charge in [-0.15, -0.1) is 0 Å². The van der Waals surface area contributed by atoms with E-state index in [0.29, 0.717) is 28.5 Å². The molecule has 4 N–H and O–H groups in total. The van der Waals surface area contributed by atoms with Crippen molar-refractivity contribution in [3.8, 4) is 17.1 Å². The lowest BCUT2D eigenvalue weighted by atomic mass is 10.1. The van der Waals surface area contributed by atoms with Crippen molar-refractivity contribution in [2.45, 2.75) is 13.3 Å². The van der Waals surface area contributed by atoms with Crippen LogP contribution >= 0.6 is 0 Å². The Morgan fingerprint density at radius 2 is 1.54 bits per heavy atom. The van der Waals surface area contributed by atoms with E-state index in [9.17, 15) is 17.6 Å². The number of nitrogens with zero attached hydrogens (tertiary/aromatic N) is 6. The number of anilines is 2. The van der Waals surface area contributed by atoms with Crippen LogP contribution in [0.5, 0.6) is 0 Å². The van der Waals surface area contributed by atoms with E-state index in [4.69, 9.17) is 11.5 Å². The molecule has 0 radical (unpaired) electrons. The van der Waals surface area contributed by atoms with Crippen molar-refractivity contribution in [2.75, 3.05) is 11.5 Å². The molecular weight excluding hydrogens is 464 g/mol. The van der Waals surface area contributed by atoms with E-state index in [2.05, 4.69) is 25.0 Å². The van der Waals surface area contributed by atoms with Crippen molar-refractivity contribution in [3.63, 3.8) is 0 Å². The van der Waals surface area contributed by atoms with Gasteiger partial charge in [-0.2, -0.15) is 19.7 Å². The van der Waals surface area contributed by atoms with Gasteiger partial charge in [0.05, 0.1) is 16.8 Å². The van der Waals surface area contributed by atoms with Gasteiger partial charge in [0.1, 0.15) is 29.1 Å². The van der Waals surface area contributed by atoms with Crippen LogP contribution in [0.2, 0.25) is 0 Å². The Labute approximate surface area is 195 Å². The molecule has 8 nitrogen and oxygen atoms in total. The van der Waals surface area contributed by atoms with Crippen molar-refractivity contribution in [1.29, 1.82) is 0 Å². The molecule has 0 aliphatic heterocycles. The van der Waals surface area contributed by atoms with Crippen LogP contribution in [0.25, 0.3) is 28.0 Å². The van der Waals surface area contributed by atoms with Crippen LogP contribution < -0.4 is 11.5 Å². The van der Waals surface area contributed by atoms with Crippen LogP contribution in [-0.2, 0) is 6.42 Å². The minimum atomic E-state index is -1.35. The average Bonchev–Trinajstić information content (AvgIpc) is 3.17. The Hall–Kier alpha value is -4.61. The molecule has 0 aliphatic carbocycles. The summed E-state index contributed by atoms with van der Waals surface area (Å²) in [6, 6.07) is 5.22. The summed E-state index contributed by atoms with van der Waals surface area (Å²) in [7, 11) is 0. The van der Waals surface area contributed by atoms with Gasteiger partial charge in [-0.25, -0.2) is 27.5 Å². The second kappa shape index (κ2) is 8.31. The molecule has 5 rings (SSSR count). The Morgan fingerprint density at radius 1 is 0.886 bits per heavy atom. The summed E-state index contributed by atoms with van der Waals surface area (Å²) in [5, 5.41) is 4.56. The van der Waals surface area contributed by atoms with Crippen molar-refractivity contribution in [1.82, 2.24) is 29.7 Å². The van der Waals surface area contributed by atoms with Gasteiger partial charge < -0.3 is 11.5 Å². The van der Waals surface area contributed by atoms with Gasteiger partial charge >= 0.3 is 0 Å². The molecule has 0 spiro atoms. The zero-order chi connectivity index (χ0) is 24.9. The highest BCUT2D eigenvalue weighted by molar-refractivity contribution is 5.85. The fraction of sp³-hybridized carbons (Fsp3) is 0.0870. The lowest BCUT2D eigenvalue weighted by Gasteiger charge is -2.10. The zero-order valence-corrected chi connectivity index (χ0v) is 18.1. The third kappa shape index (κ3) is 3.88. The van der Waals surface area contributed by atoms with Crippen LogP contribution in [0, 0.1) is 30.2 Å². The van der Waals surface area contributed by atoms with Crippen molar-refractivity contribution < 1.29 is 17.6 Å². The zero-order valence-electron chi connectivity index (χ0n) is 18.1. The maximum atomic E-state index is 14.3. The number of aryl methyl sites for hydroxylation is 1. The second-order valence-corrected chi connectivity index (χ2v) is 7.71. The number of hydrogen-bond donors (Lipinski definition) is 2. The van der Waals surface area contributed by atoms with E-state index < -0.39 is 35.3 Å². The summed E-state index contributed by atoms with van der Waals surface area (Å²) in [5.41, 5.74) is 13.0. The summed E-state index contributed by atoms with van der Waals surface area (Å²) in [5.74, 6) is -3.61. The molecule has 0 atom stereocenters. The van der Waals surface area contributed by atoms with E-state index in [0.717, 1.165) is 12.1 Å². The maximum Gasteiger partial charge on any atom is 0.255 e. The molecule has 0 saturated carbocycles. The van der Waals surface area contributed by atoms with E-state index in [1.807, 2.05) is 0 Å². The Kier molecular flexibility index (Phi) is 5.27. The third-order valence-corrected chi connectivity index (χ3v) is 5.41. The third-order valence-electron chi connectivity index (χ3n) is 5.41. The molecule has 0 bridgehead atoms. The predicted molar refractivity (Wildman–Crippen MR) is 120 cm³/mol. The largest absolute Gasteiger partial charge is 0.383 e. The Morgan fingerprint density at radius 3 is 2.23 bits per heavy atom. The first kappa shape index (κ1) is 22.2. The average molecular weight is 480 g/mol. The second-order valence-electron chi connectivity index (χ2n) is 7.71. The van der Waals surface area contributed by atoms with Crippen molar-refractivity contribution in [3.05, 3.63) is 83.1 Å². The maximum absolute atomic E-state index is 14.3. The van der Waals surface area contributed by atoms with E-state index in [1.165, 1.54) is 29.2 Å². The number of hydrogen-bond acceptors (Lipinski definition) is 7. The van der Waals surface area contributed by atoms with E-state index in [-0.39, 0.29) is 28.7 Å². The van der Waals surface area contributed by atoms with Gasteiger partial charge in [0.2, 0.25) is 0 Å². The lowest BCUT2D eigenvalue weighted by molar-refractivity contribution is 0.482. The number of rotatable bonds is 4. The SMILES string of the molecule is Cc1ncc(-c2c(N)nc(-n3nc(Cc4c(F)ccc(F)c4F)c4cc(F)ccc43)nc2N)cn1. The summed E-state index contributed by atoms with van der Waals surface area (Å²) >= 11 is 0. The van der Waals surface area contributed by atoms with Gasteiger partial charge in [0, 0.05) is 35.3 Å². The summed E-state index contributed by atoms with van der Waals surface area (Å²) in [6.07, 6.45) is 2.60. The summed E-state index contributed by atoms with van der Waals surface area (Å²) < 4.78 is 57.6. The lowest BCUT2D eigenvalue weighted by Crippen LogP contribution is -2.10. The van der Waals surface area contributed by atoms with Crippen molar-refractivity contribution in [2.24, 2.45) is 0 Å². The predicted octanol–water partition coefficient (Wildman–Crippen LogP) is 3.89. The van der Waals surface area contributed by atoms with Gasteiger partial charge in [-0.05, 0) is 37.3 Å². The van der Waals surface area contributed by atoms with Gasteiger partial charge in [-0.3, -0.25) is 0 Å². The summed E-state index contributed by atoms with van der Waals surface area (Å²) in [6.45, 7) is 1.72. The van der Waals surface area contributed by atoms with Gasteiger partial charge in [0.25, 0.3) is 5.95 Å². The monoisotopic (exact) mass is 480 g/mol. The molecular formula is C23H16F4N8. The normalized spacial score (nSPS) is 11.3. The first-order chi connectivity index (χ1) is 16.7. The molecule has 5 aromatic rings. The van der Waals surface area contributed by atoms with E-state index in [1.54, 1.807) is 6.92 Å². The fourth-order valence-electron chi connectivity index (χ4n) is 3.73. The molecule has 0 fully saturated rings. The van der Waals surface area contributed by atoms with Crippen molar-refractivity contribution >= 4 is 22.5 Å². The highest BCUT2D eigenvalue weighted by Crippen LogP contribution is 2.31. The molecule has 12 heteroatoms. The van der Waals surface area contributed by atoms with Crippen LogP contribution in [0.1, 0.15) is 17.1 Å². The highest BCUT2D eigenvalue weighted by atomic mass is 19.2. The molecule has 3 aromatic heterocycles. The quantitative estimate of drug-likeness (QED) is 0.296. The molecule has 3 heterocycles. The standard InChI is InChI=1S/C23H16F4N8/c1-10-30-8-11(9-31-10)19-21(28)32-23(33-22(19)29)35-18-5-2-12(24)6-14(18)17(34-35)7-13-15(25)3-4-16(26)20(13)27/h2-6,8-9H,7H2,1H3,(H4,28,29,32,33). The molecule has 0 unspecified atom stereocenters. The Bertz CT molecular complexity index is 1580. The minimum absolute atomic E-state index is 0.00878. The Balaban J connectivity index is 1.66. The number of fused-ring (bicyclic) bond motifs is 1. The number of nitrogens with two attached hydrogens (primary N) is 2. The van der Waals surface area contributed by atoms with Crippen LogP contribution in [0.4, 0.5) is 29.2 Å². The first-order valence-corrected chi connectivity index (χ1v) is 10.2. The molecule has 0 amide bonds. The number of halogens is 4. The number of benzene rings is 2. The van der Waals surface area contributed by atoms with E-state index >= 15 is 0 Å². The topological polar surface area (TPSA) is 121 Å². The van der Waals surface area contributed by atoms with Crippen LogP contribution in [0.15, 0.2) is 42.7 Å². The molecule has 35 heavy (non-hydrogen) atoms. The minimum Gasteiger partial charge on any atom is -0.383 e. The smallest absolute Gasteiger partial charge is 0.255 e. The molecule has 0 aliphatic rings.